The normalized spacial score (nSPS) is 23.2. The van der Waals surface area contributed by atoms with Crippen LogP contribution in [0.2, 0.25) is 0 Å². The van der Waals surface area contributed by atoms with E-state index < -0.39 is 9.84 Å². The molecule has 8 heteroatoms. The van der Waals surface area contributed by atoms with Crippen molar-refractivity contribution < 1.29 is 26.8 Å². The summed E-state index contributed by atoms with van der Waals surface area (Å²) >= 11 is 0. The van der Waals surface area contributed by atoms with Crippen LogP contribution in [0.15, 0.2) is 46.9 Å². The van der Waals surface area contributed by atoms with Crippen LogP contribution in [0.25, 0.3) is 17.4 Å². The van der Waals surface area contributed by atoms with Crippen molar-refractivity contribution in [3.63, 3.8) is 0 Å². The summed E-state index contributed by atoms with van der Waals surface area (Å²) in [7, 11) is -3.12. The van der Waals surface area contributed by atoms with Gasteiger partial charge in [0.1, 0.15) is 17.3 Å². The van der Waals surface area contributed by atoms with E-state index in [-0.39, 0.29) is 35.4 Å². The average Bonchev–Trinajstić information content (AvgIpc) is 3.46. The van der Waals surface area contributed by atoms with Crippen molar-refractivity contribution >= 4 is 21.8 Å². The predicted octanol–water partition coefficient (Wildman–Crippen LogP) is 3.29. The van der Waals surface area contributed by atoms with Crippen LogP contribution in [0.5, 0.6) is 0 Å². The standard InChI is InChI=1S/C22H24FNO5S/c23-20-6-2-1-5-19(20)21-9-7-17(29-21)8-10-22(25)24(14-18-4-3-12-28-18)16-11-13-30(26,27)15-16/h1-2,5-10,16,18H,3-4,11-15H2. The van der Waals surface area contributed by atoms with E-state index in [9.17, 15) is 17.6 Å². The van der Waals surface area contributed by atoms with Gasteiger partial charge in [0.25, 0.3) is 0 Å². The second-order valence-electron chi connectivity index (χ2n) is 7.70. The molecular formula is C22H24FNO5S. The highest BCUT2D eigenvalue weighted by Gasteiger charge is 2.35. The Labute approximate surface area is 175 Å². The first kappa shape index (κ1) is 20.8. The van der Waals surface area contributed by atoms with Crippen molar-refractivity contribution in [2.75, 3.05) is 24.7 Å². The highest BCUT2D eigenvalue weighted by Crippen LogP contribution is 2.26. The third-order valence-corrected chi connectivity index (χ3v) is 7.26. The SMILES string of the molecule is O=C(C=Cc1ccc(-c2ccccc2F)o1)N(CC1CCCO1)C1CCS(=O)(=O)C1. The molecule has 30 heavy (non-hydrogen) atoms. The monoisotopic (exact) mass is 433 g/mol. The van der Waals surface area contributed by atoms with E-state index in [4.69, 9.17) is 9.15 Å². The summed E-state index contributed by atoms with van der Waals surface area (Å²) in [4.78, 5) is 14.5. The molecule has 1 aromatic heterocycles. The van der Waals surface area contributed by atoms with Gasteiger partial charge in [-0.3, -0.25) is 4.79 Å². The summed E-state index contributed by atoms with van der Waals surface area (Å²) in [5.74, 6) is 0.203. The molecule has 4 rings (SSSR count). The lowest BCUT2D eigenvalue weighted by atomic mass is 10.1. The van der Waals surface area contributed by atoms with Gasteiger partial charge in [-0.25, -0.2) is 12.8 Å². The van der Waals surface area contributed by atoms with E-state index in [1.54, 1.807) is 35.2 Å². The van der Waals surface area contributed by atoms with E-state index in [1.165, 1.54) is 18.2 Å². The first-order valence-corrected chi connectivity index (χ1v) is 11.9. The molecule has 1 amide bonds. The molecule has 2 fully saturated rings. The highest BCUT2D eigenvalue weighted by atomic mass is 32.2. The Kier molecular flexibility index (Phi) is 6.06. The summed E-state index contributed by atoms with van der Waals surface area (Å²) in [5.41, 5.74) is 0.347. The van der Waals surface area contributed by atoms with Gasteiger partial charge in [0, 0.05) is 25.3 Å². The van der Waals surface area contributed by atoms with E-state index in [1.807, 2.05) is 0 Å². The van der Waals surface area contributed by atoms with Gasteiger partial charge in [-0.05, 0) is 49.6 Å². The van der Waals surface area contributed by atoms with Gasteiger partial charge in [0.15, 0.2) is 9.84 Å². The van der Waals surface area contributed by atoms with Gasteiger partial charge in [-0.1, -0.05) is 12.1 Å². The Balaban J connectivity index is 1.49. The Morgan fingerprint density at radius 2 is 2.03 bits per heavy atom. The molecule has 0 saturated carbocycles. The summed E-state index contributed by atoms with van der Waals surface area (Å²) < 4.78 is 49.1. The fourth-order valence-electron chi connectivity index (χ4n) is 3.95. The van der Waals surface area contributed by atoms with Gasteiger partial charge in [0.2, 0.25) is 5.91 Å². The lowest BCUT2D eigenvalue weighted by Crippen LogP contribution is -2.44. The maximum absolute atomic E-state index is 13.9. The quantitative estimate of drug-likeness (QED) is 0.654. The Morgan fingerprint density at radius 1 is 1.20 bits per heavy atom. The molecule has 6 nitrogen and oxygen atoms in total. The van der Waals surface area contributed by atoms with Gasteiger partial charge < -0.3 is 14.1 Å². The number of furan rings is 1. The molecule has 2 aromatic rings. The minimum atomic E-state index is -3.12. The van der Waals surface area contributed by atoms with Crippen LogP contribution in [0.1, 0.15) is 25.0 Å². The molecule has 2 aliphatic rings. The number of hydrogen-bond donors (Lipinski definition) is 0. The lowest BCUT2D eigenvalue weighted by Gasteiger charge is -2.29. The number of ether oxygens (including phenoxy) is 1. The van der Waals surface area contributed by atoms with Crippen molar-refractivity contribution in [1.29, 1.82) is 0 Å². The average molecular weight is 434 g/mol. The van der Waals surface area contributed by atoms with Crippen molar-refractivity contribution in [2.24, 2.45) is 0 Å². The summed E-state index contributed by atoms with van der Waals surface area (Å²) in [5, 5.41) is 0. The maximum Gasteiger partial charge on any atom is 0.247 e. The minimum Gasteiger partial charge on any atom is -0.457 e. The second kappa shape index (κ2) is 8.73. The third-order valence-electron chi connectivity index (χ3n) is 5.51. The molecule has 3 heterocycles. The summed E-state index contributed by atoms with van der Waals surface area (Å²) in [6, 6.07) is 9.27. The Morgan fingerprint density at radius 3 is 2.73 bits per heavy atom. The molecule has 2 atom stereocenters. The summed E-state index contributed by atoms with van der Waals surface area (Å²) in [6.07, 6.45) is 5.07. The number of halogens is 1. The predicted molar refractivity (Wildman–Crippen MR) is 111 cm³/mol. The minimum absolute atomic E-state index is 0.0164. The molecule has 0 spiro atoms. The van der Waals surface area contributed by atoms with E-state index in [0.29, 0.717) is 36.7 Å². The number of nitrogens with zero attached hydrogens (tertiary/aromatic N) is 1. The fraction of sp³-hybridized carbons (Fsp3) is 0.409. The zero-order valence-corrected chi connectivity index (χ0v) is 17.3. The molecule has 0 aliphatic carbocycles. The number of carbonyl (C=O) groups excluding carboxylic acids is 1. The van der Waals surface area contributed by atoms with E-state index in [0.717, 1.165) is 12.8 Å². The van der Waals surface area contributed by atoms with Crippen molar-refractivity contribution in [1.82, 2.24) is 4.90 Å². The molecule has 2 aliphatic heterocycles. The van der Waals surface area contributed by atoms with Gasteiger partial charge in [-0.2, -0.15) is 0 Å². The molecule has 2 unspecified atom stereocenters. The van der Waals surface area contributed by atoms with Crippen LogP contribution < -0.4 is 0 Å². The molecular weight excluding hydrogens is 409 g/mol. The Bertz CT molecular complexity index is 1040. The smallest absolute Gasteiger partial charge is 0.247 e. The third kappa shape index (κ3) is 4.82. The van der Waals surface area contributed by atoms with Crippen molar-refractivity contribution in [3.8, 4) is 11.3 Å². The van der Waals surface area contributed by atoms with Crippen LogP contribution in [0, 0.1) is 5.82 Å². The van der Waals surface area contributed by atoms with Crippen LogP contribution in [-0.4, -0.2) is 56.0 Å². The van der Waals surface area contributed by atoms with Crippen LogP contribution >= 0.6 is 0 Å². The highest BCUT2D eigenvalue weighted by molar-refractivity contribution is 7.91. The second-order valence-corrected chi connectivity index (χ2v) is 9.93. The van der Waals surface area contributed by atoms with Crippen molar-refractivity contribution in [3.05, 3.63) is 54.1 Å². The topological polar surface area (TPSA) is 76.8 Å². The number of sulfone groups is 1. The first-order chi connectivity index (χ1) is 14.4. The lowest BCUT2D eigenvalue weighted by molar-refractivity contribution is -0.129. The van der Waals surface area contributed by atoms with Gasteiger partial charge in [-0.15, -0.1) is 0 Å². The number of carbonyl (C=O) groups is 1. The van der Waals surface area contributed by atoms with E-state index >= 15 is 0 Å². The molecule has 0 bridgehead atoms. The van der Waals surface area contributed by atoms with Crippen LogP contribution in [0.3, 0.4) is 0 Å². The fourth-order valence-corrected chi connectivity index (χ4v) is 5.68. The van der Waals surface area contributed by atoms with E-state index in [2.05, 4.69) is 0 Å². The largest absolute Gasteiger partial charge is 0.457 e. The molecule has 1 aromatic carbocycles. The number of hydrogen-bond acceptors (Lipinski definition) is 5. The zero-order valence-electron chi connectivity index (χ0n) is 16.5. The molecule has 0 radical (unpaired) electrons. The van der Waals surface area contributed by atoms with Crippen molar-refractivity contribution in [2.45, 2.75) is 31.4 Å². The Hall–Kier alpha value is -2.45. The first-order valence-electron chi connectivity index (χ1n) is 10.1. The zero-order chi connectivity index (χ0) is 21.1. The number of amides is 1. The molecule has 160 valence electrons. The van der Waals surface area contributed by atoms with Crippen LogP contribution in [0.4, 0.5) is 4.39 Å². The molecule has 2 saturated heterocycles. The number of rotatable bonds is 6. The summed E-state index contributed by atoms with van der Waals surface area (Å²) in [6.45, 7) is 1.04. The molecule has 0 N–H and O–H groups in total. The number of benzene rings is 1. The van der Waals surface area contributed by atoms with Crippen LogP contribution in [-0.2, 0) is 19.4 Å². The van der Waals surface area contributed by atoms with Gasteiger partial charge in [0.05, 0.1) is 23.2 Å². The van der Waals surface area contributed by atoms with Gasteiger partial charge >= 0.3 is 0 Å². The maximum atomic E-state index is 13.9.